The molecule has 1 aromatic carbocycles. The van der Waals surface area contributed by atoms with Gasteiger partial charge in [-0.25, -0.2) is 4.79 Å². The number of anilines is 1. The molecule has 0 fully saturated rings. The topological polar surface area (TPSA) is 68.2 Å². The highest BCUT2D eigenvalue weighted by Gasteiger charge is 2.16. The lowest BCUT2D eigenvalue weighted by molar-refractivity contribution is 0.0697. The first-order valence-electron chi connectivity index (χ1n) is 4.42. The molecule has 1 aromatic heterocycles. The van der Waals surface area contributed by atoms with E-state index in [1.54, 1.807) is 3.96 Å². The predicted octanol–water partition coefficient (Wildman–Crippen LogP) is 2.55. The van der Waals surface area contributed by atoms with Crippen molar-refractivity contribution in [3.63, 3.8) is 0 Å². The average Bonchev–Trinajstić information content (AvgIpc) is 2.55. The molecule has 0 radical (unpaired) electrons. The van der Waals surface area contributed by atoms with Crippen molar-refractivity contribution in [1.82, 2.24) is 3.96 Å². The molecule has 6 heteroatoms. The van der Waals surface area contributed by atoms with Crippen LogP contribution in [0.3, 0.4) is 0 Å². The van der Waals surface area contributed by atoms with Crippen molar-refractivity contribution >= 4 is 34.7 Å². The highest BCUT2D eigenvalue weighted by Crippen LogP contribution is 2.25. The summed E-state index contributed by atoms with van der Waals surface area (Å²) < 4.78 is 1.87. The van der Waals surface area contributed by atoms with Crippen molar-refractivity contribution in [3.8, 4) is 5.69 Å². The van der Waals surface area contributed by atoms with Gasteiger partial charge < -0.3 is 10.8 Å². The van der Waals surface area contributed by atoms with Crippen molar-refractivity contribution in [2.45, 2.75) is 0 Å². The zero-order valence-electron chi connectivity index (χ0n) is 8.08. The maximum absolute atomic E-state index is 10.9. The van der Waals surface area contributed by atoms with Gasteiger partial charge in [0.05, 0.1) is 5.69 Å². The van der Waals surface area contributed by atoms with Gasteiger partial charge in [0, 0.05) is 0 Å². The molecule has 16 heavy (non-hydrogen) atoms. The Morgan fingerprint density at radius 3 is 2.50 bits per heavy atom. The molecule has 0 aliphatic rings. The molecule has 3 N–H and O–H groups in total. The third-order valence-corrected chi connectivity index (χ3v) is 3.52. The molecule has 1 heterocycles. The van der Waals surface area contributed by atoms with Crippen LogP contribution < -0.4 is 5.73 Å². The van der Waals surface area contributed by atoms with E-state index in [9.17, 15) is 4.79 Å². The number of nitrogen functional groups attached to an aromatic ring is 1. The molecule has 0 bridgehead atoms. The van der Waals surface area contributed by atoms with E-state index in [-0.39, 0.29) is 15.2 Å². The summed E-state index contributed by atoms with van der Waals surface area (Å²) in [7, 11) is 0. The van der Waals surface area contributed by atoms with Crippen LogP contribution in [-0.2, 0) is 0 Å². The van der Waals surface area contributed by atoms with Gasteiger partial charge in [0.1, 0.15) is 15.2 Å². The van der Waals surface area contributed by atoms with Gasteiger partial charge in [-0.1, -0.05) is 30.4 Å². The molecule has 0 aliphatic heterocycles. The third kappa shape index (κ3) is 1.72. The molecule has 0 amide bonds. The molecular weight excluding hydrogens is 244 g/mol. The van der Waals surface area contributed by atoms with Crippen LogP contribution in [0.1, 0.15) is 10.4 Å². The molecule has 0 saturated carbocycles. The fraction of sp³-hybridized carbons (Fsp3) is 0. The smallest absolute Gasteiger partial charge is 0.341 e. The van der Waals surface area contributed by atoms with Crippen LogP contribution in [0.4, 0.5) is 5.00 Å². The maximum Gasteiger partial charge on any atom is 0.341 e. The van der Waals surface area contributed by atoms with Crippen molar-refractivity contribution < 1.29 is 9.90 Å². The normalized spacial score (nSPS) is 10.2. The molecule has 82 valence electrons. The molecule has 0 unspecified atom stereocenters. The summed E-state index contributed by atoms with van der Waals surface area (Å²) in [5.41, 5.74) is 6.45. The molecule has 0 atom stereocenters. The van der Waals surface area contributed by atoms with Gasteiger partial charge in [-0.15, -0.1) is 0 Å². The summed E-state index contributed by atoms with van der Waals surface area (Å²) in [4.78, 5) is 10.9. The number of carboxylic acid groups (broad SMARTS) is 1. The summed E-state index contributed by atoms with van der Waals surface area (Å²) in [6, 6.07) is 9.28. The van der Waals surface area contributed by atoms with Crippen LogP contribution in [0.5, 0.6) is 0 Å². The van der Waals surface area contributed by atoms with E-state index in [0.29, 0.717) is 0 Å². The first-order valence-corrected chi connectivity index (χ1v) is 5.60. The van der Waals surface area contributed by atoms with Crippen molar-refractivity contribution in [2.75, 3.05) is 5.73 Å². The number of nitrogens with two attached hydrogens (primary N) is 1. The Morgan fingerprint density at radius 1 is 1.38 bits per heavy atom. The van der Waals surface area contributed by atoms with Gasteiger partial charge in [0.2, 0.25) is 0 Å². The van der Waals surface area contributed by atoms with E-state index in [1.807, 2.05) is 30.3 Å². The van der Waals surface area contributed by atoms with E-state index in [1.165, 1.54) is 0 Å². The fourth-order valence-corrected chi connectivity index (χ4v) is 2.67. The summed E-state index contributed by atoms with van der Waals surface area (Å²) in [5, 5.41) is 9.18. The zero-order chi connectivity index (χ0) is 11.7. The number of carboxylic acids is 1. The molecule has 4 nitrogen and oxygen atoms in total. The van der Waals surface area contributed by atoms with Gasteiger partial charge in [0.15, 0.2) is 0 Å². The Balaban J connectivity index is 2.66. The van der Waals surface area contributed by atoms with E-state index in [2.05, 4.69) is 0 Å². The summed E-state index contributed by atoms with van der Waals surface area (Å²) in [6.45, 7) is 0. The Bertz CT molecular complexity index is 587. The van der Waals surface area contributed by atoms with Gasteiger partial charge in [-0.2, -0.15) is 0 Å². The Kier molecular flexibility index (Phi) is 2.76. The summed E-state index contributed by atoms with van der Waals surface area (Å²) in [5.74, 6) is -1.09. The van der Waals surface area contributed by atoms with Gasteiger partial charge in [-0.05, 0) is 23.7 Å². The molecule has 2 aromatic rings. The standard InChI is InChI=1S/C10H8N2O2S2/c11-8-7(10(13)14)9(15)12(16-8)6-4-2-1-3-5-6/h1-5H,11H2,(H,13,14). The molecule has 0 aliphatic carbocycles. The monoisotopic (exact) mass is 252 g/mol. The first kappa shape index (κ1) is 10.8. The van der Waals surface area contributed by atoms with E-state index >= 15 is 0 Å². The minimum absolute atomic E-state index is 0.00357. The number of nitrogens with zero attached hydrogens (tertiary/aromatic N) is 1. The Labute approximate surface area is 101 Å². The highest BCUT2D eigenvalue weighted by atomic mass is 32.1. The second-order valence-electron chi connectivity index (χ2n) is 3.07. The van der Waals surface area contributed by atoms with E-state index in [0.717, 1.165) is 17.2 Å². The highest BCUT2D eigenvalue weighted by molar-refractivity contribution is 7.71. The van der Waals surface area contributed by atoms with Gasteiger partial charge >= 0.3 is 5.97 Å². The zero-order valence-corrected chi connectivity index (χ0v) is 9.72. The van der Waals surface area contributed by atoms with Crippen LogP contribution in [-0.4, -0.2) is 15.0 Å². The van der Waals surface area contributed by atoms with Crippen molar-refractivity contribution in [1.29, 1.82) is 0 Å². The average molecular weight is 252 g/mol. The number of carbonyl (C=O) groups is 1. The lowest BCUT2D eigenvalue weighted by atomic mass is 10.3. The lowest BCUT2D eigenvalue weighted by Gasteiger charge is -1.99. The van der Waals surface area contributed by atoms with Crippen molar-refractivity contribution in [2.24, 2.45) is 0 Å². The fourth-order valence-electron chi connectivity index (χ4n) is 1.32. The molecule has 2 rings (SSSR count). The predicted molar refractivity (Wildman–Crippen MR) is 65.9 cm³/mol. The second-order valence-corrected chi connectivity index (χ2v) is 4.45. The Hall–Kier alpha value is -1.66. The number of aromatic nitrogens is 1. The van der Waals surface area contributed by atoms with Gasteiger partial charge in [-0.3, -0.25) is 3.96 Å². The molecular formula is C10H8N2O2S2. The van der Waals surface area contributed by atoms with Crippen molar-refractivity contribution in [3.05, 3.63) is 40.5 Å². The number of aromatic carboxylic acids is 1. The van der Waals surface area contributed by atoms with Crippen LogP contribution in [0.15, 0.2) is 30.3 Å². The minimum Gasteiger partial charge on any atom is -0.477 e. The van der Waals surface area contributed by atoms with Crippen LogP contribution in [0.2, 0.25) is 0 Å². The Morgan fingerprint density at radius 2 is 2.00 bits per heavy atom. The van der Waals surface area contributed by atoms with E-state index in [4.69, 9.17) is 23.1 Å². The van der Waals surface area contributed by atoms with Gasteiger partial charge in [0.25, 0.3) is 0 Å². The number of hydrogen-bond donors (Lipinski definition) is 2. The lowest BCUT2D eigenvalue weighted by Crippen LogP contribution is -1.99. The number of para-hydroxylation sites is 1. The summed E-state index contributed by atoms with van der Waals surface area (Å²) in [6.07, 6.45) is 0. The second kappa shape index (κ2) is 4.07. The van der Waals surface area contributed by atoms with Crippen LogP contribution in [0, 0.1) is 4.64 Å². The summed E-state index contributed by atoms with van der Waals surface area (Å²) >= 11 is 6.22. The van der Waals surface area contributed by atoms with Crippen LogP contribution in [0.25, 0.3) is 5.69 Å². The van der Waals surface area contributed by atoms with E-state index < -0.39 is 5.97 Å². The third-order valence-electron chi connectivity index (χ3n) is 2.04. The SMILES string of the molecule is Nc1sn(-c2ccccc2)c(=S)c1C(=O)O. The largest absolute Gasteiger partial charge is 0.477 e. The van der Waals surface area contributed by atoms with Crippen LogP contribution >= 0.6 is 23.8 Å². The number of hydrogen-bond acceptors (Lipinski definition) is 4. The number of benzene rings is 1. The maximum atomic E-state index is 10.9. The first-order chi connectivity index (χ1) is 7.61. The number of rotatable bonds is 2. The quantitative estimate of drug-likeness (QED) is 0.806. The molecule has 0 saturated heterocycles. The molecule has 0 spiro atoms. The minimum atomic E-state index is -1.09.